The average Bonchev–Trinajstić information content (AvgIpc) is 2.92. The number of aliphatic carboxylic acids is 1. The van der Waals surface area contributed by atoms with Gasteiger partial charge in [0.2, 0.25) is 5.91 Å². The monoisotopic (exact) mass is 561 g/mol. The number of Topliss-reactive ketones (excluding diaryl/α,β-unsaturated/α-hetero) is 1. The molecule has 0 radical (unpaired) electrons. The Balaban J connectivity index is 2.13. The number of amides is 2. The molecule has 3 N–H and O–H groups in total. The summed E-state index contributed by atoms with van der Waals surface area (Å²) in [5.74, 6) is -4.92. The summed E-state index contributed by atoms with van der Waals surface area (Å²) in [6.45, 7) is -1.61. The number of aromatic nitrogens is 1. The number of hydrogen-bond donors (Lipinski definition) is 3. The fraction of sp³-hybridized carbons (Fsp3) is 0.222. The summed E-state index contributed by atoms with van der Waals surface area (Å²) in [4.78, 5) is 62.5. The lowest BCUT2D eigenvalue weighted by Crippen LogP contribution is -2.48. The van der Waals surface area contributed by atoms with Gasteiger partial charge in [-0.15, -0.1) is 0 Å². The van der Waals surface area contributed by atoms with Crippen molar-refractivity contribution in [3.63, 3.8) is 0 Å². The normalized spacial score (nSPS) is 12.7. The highest BCUT2D eigenvalue weighted by molar-refractivity contribution is 6.04. The van der Waals surface area contributed by atoms with Crippen LogP contribution in [0.5, 0.6) is 0 Å². The van der Waals surface area contributed by atoms with Crippen molar-refractivity contribution in [3.8, 4) is 0 Å². The first-order chi connectivity index (χ1) is 18.9. The molecule has 0 aliphatic rings. The van der Waals surface area contributed by atoms with Gasteiger partial charge < -0.3 is 20.3 Å². The van der Waals surface area contributed by atoms with Gasteiger partial charge in [-0.05, 0) is 23.8 Å². The quantitative estimate of drug-likeness (QED) is 0.307. The molecule has 0 saturated carbocycles. The number of pyridine rings is 1. The molecule has 2 aromatic carbocycles. The molecule has 0 spiro atoms. The molecule has 1 aromatic heterocycles. The first-order valence-electron chi connectivity index (χ1n) is 11.7. The highest BCUT2D eigenvalue weighted by Gasteiger charge is 2.35. The molecule has 0 aliphatic carbocycles. The van der Waals surface area contributed by atoms with Gasteiger partial charge in [-0.1, -0.05) is 48.5 Å². The van der Waals surface area contributed by atoms with Gasteiger partial charge in [-0.3, -0.25) is 24.0 Å². The standard InChI is InChI=1S/C27H23F4N3O6/c28-14-22(35)19(13-23(36)37)32-25(39)21(11-16-7-3-1-4-8-16)34-15-18(27(29,30)31)12-20(26(34)40)33-24(38)17-9-5-2-6-10-17/h1-10,12,15,19,21H,11,13-14H2,(H,32,39)(H,33,38)(H,36,37)/t19-,21-/m0/s1. The smallest absolute Gasteiger partial charge is 0.417 e. The van der Waals surface area contributed by atoms with Crippen LogP contribution in [0.1, 0.15) is 33.9 Å². The minimum Gasteiger partial charge on any atom is -0.481 e. The number of carboxylic acid groups (broad SMARTS) is 1. The molecule has 2 amide bonds. The number of carbonyl (C=O) groups excluding carboxylic acids is 3. The molecule has 40 heavy (non-hydrogen) atoms. The Kier molecular flexibility index (Phi) is 9.54. The summed E-state index contributed by atoms with van der Waals surface area (Å²) in [5.41, 5.74) is -2.89. The molecule has 2 atom stereocenters. The Morgan fingerprint density at radius 2 is 1.55 bits per heavy atom. The third-order valence-electron chi connectivity index (χ3n) is 5.78. The summed E-state index contributed by atoms with van der Waals surface area (Å²) in [5, 5.41) is 13.3. The van der Waals surface area contributed by atoms with Crippen LogP contribution < -0.4 is 16.2 Å². The highest BCUT2D eigenvalue weighted by Crippen LogP contribution is 2.31. The van der Waals surface area contributed by atoms with Gasteiger partial charge >= 0.3 is 12.1 Å². The maximum absolute atomic E-state index is 13.9. The molecule has 0 fully saturated rings. The number of nitrogens with one attached hydrogen (secondary N) is 2. The first kappa shape index (κ1) is 29.7. The third-order valence-corrected chi connectivity index (χ3v) is 5.78. The van der Waals surface area contributed by atoms with Crippen molar-refractivity contribution >= 4 is 29.3 Å². The Morgan fingerprint density at radius 3 is 2.10 bits per heavy atom. The fourth-order valence-corrected chi connectivity index (χ4v) is 3.80. The van der Waals surface area contributed by atoms with Crippen molar-refractivity contribution in [3.05, 3.63) is 100.0 Å². The number of anilines is 1. The zero-order chi connectivity index (χ0) is 29.4. The van der Waals surface area contributed by atoms with E-state index in [4.69, 9.17) is 5.11 Å². The lowest BCUT2D eigenvalue weighted by Gasteiger charge is -2.24. The summed E-state index contributed by atoms with van der Waals surface area (Å²) in [7, 11) is 0. The Hall–Kier alpha value is -4.81. The molecule has 210 valence electrons. The van der Waals surface area contributed by atoms with Crippen molar-refractivity contribution in [2.45, 2.75) is 31.1 Å². The van der Waals surface area contributed by atoms with Crippen LogP contribution in [0.25, 0.3) is 0 Å². The second-order valence-corrected chi connectivity index (χ2v) is 8.64. The first-order valence-corrected chi connectivity index (χ1v) is 11.7. The topological polar surface area (TPSA) is 135 Å². The van der Waals surface area contributed by atoms with Crippen LogP contribution in [0, 0.1) is 0 Å². The van der Waals surface area contributed by atoms with E-state index >= 15 is 0 Å². The number of rotatable bonds is 11. The van der Waals surface area contributed by atoms with Crippen LogP contribution in [0.15, 0.2) is 77.7 Å². The lowest BCUT2D eigenvalue weighted by atomic mass is 10.0. The molecule has 13 heteroatoms. The number of hydrogen-bond acceptors (Lipinski definition) is 5. The van der Waals surface area contributed by atoms with E-state index in [2.05, 4.69) is 10.6 Å². The van der Waals surface area contributed by atoms with Gasteiger partial charge in [-0.25, -0.2) is 4.39 Å². The largest absolute Gasteiger partial charge is 0.481 e. The molecule has 0 aliphatic heterocycles. The van der Waals surface area contributed by atoms with E-state index in [0.29, 0.717) is 22.4 Å². The Labute approximate surface area is 224 Å². The summed E-state index contributed by atoms with van der Waals surface area (Å²) >= 11 is 0. The van der Waals surface area contributed by atoms with Crippen LogP contribution in [0.3, 0.4) is 0 Å². The second-order valence-electron chi connectivity index (χ2n) is 8.64. The number of alkyl halides is 4. The molecule has 0 unspecified atom stereocenters. The lowest BCUT2D eigenvalue weighted by molar-refractivity contribution is -0.141. The van der Waals surface area contributed by atoms with E-state index in [0.717, 1.165) is 0 Å². The Bertz CT molecular complexity index is 1440. The molecule has 9 nitrogen and oxygen atoms in total. The van der Waals surface area contributed by atoms with E-state index in [1.807, 2.05) is 0 Å². The summed E-state index contributed by atoms with van der Waals surface area (Å²) in [6, 6.07) is 12.0. The summed E-state index contributed by atoms with van der Waals surface area (Å²) in [6.07, 6.45) is -5.99. The van der Waals surface area contributed by atoms with Gasteiger partial charge in [0.05, 0.1) is 12.0 Å². The van der Waals surface area contributed by atoms with E-state index in [9.17, 15) is 41.5 Å². The zero-order valence-electron chi connectivity index (χ0n) is 20.7. The van der Waals surface area contributed by atoms with Gasteiger partial charge in [0.25, 0.3) is 11.5 Å². The van der Waals surface area contributed by atoms with E-state index in [-0.39, 0.29) is 12.0 Å². The molecular weight excluding hydrogens is 538 g/mol. The predicted octanol–water partition coefficient (Wildman–Crippen LogP) is 3.40. The van der Waals surface area contributed by atoms with Crippen molar-refractivity contribution in [2.24, 2.45) is 0 Å². The van der Waals surface area contributed by atoms with Gasteiger partial charge in [-0.2, -0.15) is 13.2 Å². The Morgan fingerprint density at radius 1 is 0.950 bits per heavy atom. The third kappa shape index (κ3) is 7.62. The minimum absolute atomic E-state index is 0.0469. The van der Waals surface area contributed by atoms with Crippen molar-refractivity contribution in [2.75, 3.05) is 12.0 Å². The number of ketones is 1. The number of carboxylic acids is 1. The number of carbonyl (C=O) groups is 4. The van der Waals surface area contributed by atoms with E-state index < -0.39 is 71.7 Å². The van der Waals surface area contributed by atoms with Gasteiger partial charge in [0.1, 0.15) is 24.4 Å². The molecule has 0 saturated heterocycles. The average molecular weight is 561 g/mol. The maximum atomic E-state index is 13.9. The van der Waals surface area contributed by atoms with Crippen molar-refractivity contribution in [1.29, 1.82) is 0 Å². The van der Waals surface area contributed by atoms with Crippen LogP contribution in [-0.2, 0) is 27.0 Å². The fourth-order valence-electron chi connectivity index (χ4n) is 3.80. The number of benzene rings is 2. The van der Waals surface area contributed by atoms with Crippen LogP contribution in [-0.4, -0.2) is 46.0 Å². The van der Waals surface area contributed by atoms with Gasteiger partial charge in [0.15, 0.2) is 5.78 Å². The summed E-state index contributed by atoms with van der Waals surface area (Å²) < 4.78 is 55.1. The van der Waals surface area contributed by atoms with Crippen molar-refractivity contribution in [1.82, 2.24) is 9.88 Å². The molecular formula is C27H23F4N3O6. The number of halogens is 4. The van der Waals surface area contributed by atoms with Crippen LogP contribution in [0.4, 0.5) is 23.2 Å². The van der Waals surface area contributed by atoms with Crippen LogP contribution in [0.2, 0.25) is 0 Å². The maximum Gasteiger partial charge on any atom is 0.417 e. The molecule has 3 rings (SSSR count). The van der Waals surface area contributed by atoms with E-state index in [1.54, 1.807) is 24.3 Å². The predicted molar refractivity (Wildman–Crippen MR) is 134 cm³/mol. The zero-order valence-corrected chi connectivity index (χ0v) is 20.7. The number of nitrogens with zero attached hydrogens (tertiary/aromatic N) is 1. The highest BCUT2D eigenvalue weighted by atomic mass is 19.4. The molecule has 1 heterocycles. The molecule has 0 bridgehead atoms. The van der Waals surface area contributed by atoms with E-state index in [1.165, 1.54) is 36.4 Å². The second kappa shape index (κ2) is 12.8. The SMILES string of the molecule is O=C(O)C[C@H](NC(=O)[C@H](Cc1ccccc1)n1cc(C(F)(F)F)cc(NC(=O)c2ccccc2)c1=O)C(=O)CF. The van der Waals surface area contributed by atoms with Crippen LogP contribution >= 0.6 is 0 Å². The molecule has 3 aromatic rings. The minimum atomic E-state index is -5.01. The van der Waals surface area contributed by atoms with Crippen molar-refractivity contribution < 1.29 is 41.8 Å². The van der Waals surface area contributed by atoms with Gasteiger partial charge in [0, 0.05) is 18.2 Å².